The molecule has 0 aromatic carbocycles. The Balaban J connectivity index is -0.0000000443. The van der Waals surface area contributed by atoms with Gasteiger partial charge in [-0.1, -0.05) is 0 Å². The average Bonchev–Trinajstić information content (AvgIpc) is 1.94. The zero-order valence-corrected chi connectivity index (χ0v) is 30.8. The first kappa shape index (κ1) is 51.2. The second-order valence-corrected chi connectivity index (χ2v) is 19.0. The van der Waals surface area contributed by atoms with Gasteiger partial charge in [-0.05, 0) is 0 Å². The van der Waals surface area contributed by atoms with E-state index in [1.54, 1.807) is 0 Å². The molecule has 18 nitrogen and oxygen atoms in total. The van der Waals surface area contributed by atoms with Crippen molar-refractivity contribution in [2.24, 2.45) is 0 Å². The van der Waals surface area contributed by atoms with Crippen molar-refractivity contribution < 1.29 is 75.6 Å². The molecule has 0 unspecified atom stereocenters. The summed E-state index contributed by atoms with van der Waals surface area (Å²) in [7, 11) is 0. The molecular weight excluding hydrogens is 1260 g/mol. The van der Waals surface area contributed by atoms with E-state index in [0.717, 1.165) is 0 Å². The van der Waals surface area contributed by atoms with Crippen molar-refractivity contribution in [1.82, 2.24) is 0 Å². The number of rotatable bonds is 0. The number of hydrogen-bond acceptors (Lipinski definition) is 6. The molecule has 0 fully saturated rings. The molecule has 0 bridgehead atoms. The van der Waals surface area contributed by atoms with Crippen LogP contribution in [-0.4, -0.2) is 162 Å². The summed E-state index contributed by atoms with van der Waals surface area (Å²) in [6, 6.07) is 0. The normalized spacial score (nSPS) is 11.4. The molecule has 0 aliphatic rings. The van der Waals surface area contributed by atoms with Gasteiger partial charge in [-0.3, -0.25) is 0 Å². The predicted molar refractivity (Wildman–Crippen MR) is 87.3 cm³/mol. The van der Waals surface area contributed by atoms with Gasteiger partial charge in [0, 0.05) is 0 Å². The van der Waals surface area contributed by atoms with Crippen LogP contribution in [-0.2, 0) is 18.1 Å². The molecule has 0 aliphatic carbocycles. The predicted octanol–water partition coefficient (Wildman–Crippen LogP) is -6.54. The molecule has 0 aromatic heterocycles. The first-order valence-electron chi connectivity index (χ1n) is 4.51. The third-order valence-corrected chi connectivity index (χ3v) is 0. The van der Waals surface area contributed by atoms with Crippen LogP contribution in [0.5, 0.6) is 0 Å². The van der Waals surface area contributed by atoms with E-state index in [1.165, 1.54) is 0 Å². The van der Waals surface area contributed by atoms with Crippen LogP contribution in [0.4, 0.5) is 16.9 Å². The molecule has 31 heteroatoms. The Bertz CT molecular complexity index is 480. The van der Waals surface area contributed by atoms with Crippen LogP contribution in [0, 0.1) is 0 Å². The summed E-state index contributed by atoms with van der Waals surface area (Å²) in [6.45, 7) is 0. The van der Waals surface area contributed by atoms with Crippen molar-refractivity contribution in [2.75, 3.05) is 0 Å². The van der Waals surface area contributed by atoms with E-state index in [2.05, 4.69) is 0 Å². The van der Waals surface area contributed by atoms with Crippen LogP contribution in [0.3, 0.4) is 0 Å². The monoisotopic (exact) mass is 1270 g/mol. The van der Waals surface area contributed by atoms with Gasteiger partial charge in [0.15, 0.2) is 0 Å². The Kier molecular flexibility index (Phi) is 37.5. The third-order valence-electron chi connectivity index (χ3n) is 0. The van der Waals surface area contributed by atoms with Crippen molar-refractivity contribution in [1.29, 1.82) is 0 Å². The Morgan fingerprint density at radius 2 is 0.290 bits per heavy atom. The van der Waals surface area contributed by atoms with Gasteiger partial charge in [0.2, 0.25) is 0 Å². The molecule has 0 aliphatic heterocycles. The molecule has 0 rings (SSSR count). The summed E-state index contributed by atoms with van der Waals surface area (Å²) in [6.07, 6.45) is 0. The number of halogens is 7. The number of hydrogen-bond donors (Lipinski definition) is 12. The van der Waals surface area contributed by atoms with E-state index in [-0.39, 0.29) is 24.0 Å². The Morgan fingerprint density at radius 1 is 0.290 bits per heavy atom. The SMILES string of the molecule is I.[O]=[Sb]([OH])([OH])[F].[O]=[Sb]([OH])([OH])[F].[O]=[Sb]([OH])([OH])[F].[O]=[Sb]([OH])([OH])[F].[O]=[Sb]([OH])([OH])[F].[O]=[Sb]([OH])([OH])[F]. The van der Waals surface area contributed by atoms with Crippen LogP contribution < -0.4 is 0 Å². The molecule has 0 heterocycles. The Morgan fingerprint density at radius 3 is 0.290 bits per heavy atom. The van der Waals surface area contributed by atoms with Crippen LogP contribution in [0.25, 0.3) is 0 Å². The molecule has 12 N–H and O–H groups in total. The first-order chi connectivity index (χ1) is 12.0. The van der Waals surface area contributed by atoms with Crippen molar-refractivity contribution in [2.45, 2.75) is 0 Å². The van der Waals surface area contributed by atoms with Crippen LogP contribution in [0.1, 0.15) is 0 Å². The molecule has 0 atom stereocenters. The fraction of sp³-hybridized carbons (Fsp3) is 0. The van der Waals surface area contributed by atoms with Crippen molar-refractivity contribution >= 4 is 145 Å². The summed E-state index contributed by atoms with van der Waals surface area (Å²) in [5.41, 5.74) is 0. The van der Waals surface area contributed by atoms with Crippen molar-refractivity contribution in [3.63, 3.8) is 0 Å². The fourth-order valence-corrected chi connectivity index (χ4v) is 0. The minimum atomic E-state index is -5.85. The van der Waals surface area contributed by atoms with E-state index in [4.69, 9.17) is 58.7 Å². The van der Waals surface area contributed by atoms with Gasteiger partial charge in [0.1, 0.15) is 0 Å². The van der Waals surface area contributed by atoms with Crippen molar-refractivity contribution in [3.8, 4) is 0 Å². The van der Waals surface area contributed by atoms with Crippen LogP contribution in [0.2, 0.25) is 0 Å². The van der Waals surface area contributed by atoms with Crippen LogP contribution >= 0.6 is 24.0 Å². The Hall–Kier alpha value is 3.54. The van der Waals surface area contributed by atoms with Gasteiger partial charge in [-0.2, -0.15) is 0 Å². The minimum absolute atomic E-state index is 0. The van der Waals surface area contributed by atoms with Crippen LogP contribution in [0.15, 0.2) is 0 Å². The first-order valence-corrected chi connectivity index (χ1v) is 30.3. The second kappa shape index (κ2) is 22.7. The summed E-state index contributed by atoms with van der Waals surface area (Å²) >= 11 is -35.1. The summed E-state index contributed by atoms with van der Waals surface area (Å²) in [5, 5.41) is 0. The zero-order chi connectivity index (χ0) is 27.0. The molecule has 0 radical (unpaired) electrons. The van der Waals surface area contributed by atoms with E-state index in [1.807, 2.05) is 0 Å². The summed E-state index contributed by atoms with van der Waals surface area (Å²) in [4.78, 5) is 0. The molecule has 0 amide bonds. The fourth-order valence-electron chi connectivity index (χ4n) is 0. The molecule has 0 aromatic rings. The maximum atomic E-state index is 10.4. The molecule has 0 saturated carbocycles. The quantitative estimate of drug-likeness (QED) is 0.0610. The summed E-state index contributed by atoms with van der Waals surface area (Å²) < 4.78 is 200. The molecule has 0 spiro atoms. The van der Waals surface area contributed by atoms with Gasteiger partial charge in [-0.15, -0.1) is 24.0 Å². The topological polar surface area (TPSA) is 345 Å². The summed E-state index contributed by atoms with van der Waals surface area (Å²) in [5.74, 6) is 0. The van der Waals surface area contributed by atoms with E-state index in [9.17, 15) is 16.9 Å². The van der Waals surface area contributed by atoms with Crippen molar-refractivity contribution in [3.05, 3.63) is 0 Å². The van der Waals surface area contributed by atoms with Gasteiger partial charge in [0.05, 0.1) is 0 Å². The second-order valence-electron chi connectivity index (χ2n) is 2.84. The van der Waals surface area contributed by atoms with Gasteiger partial charge in [0.25, 0.3) is 0 Å². The third kappa shape index (κ3) is 2660. The standard InChI is InChI=1S/6FH.HI.12H2O.6O.6Sb/h7*1H;12*1H2;;;;;;;;;;;;/q;;;;;;;;;;;;;;;;;;;;;;;;;6*+3/p-18. The van der Waals surface area contributed by atoms with E-state index in [0.29, 0.717) is 0 Å². The molecule has 0 saturated heterocycles. The molecule has 200 valence electrons. The molecule has 31 heavy (non-hydrogen) atoms. The van der Waals surface area contributed by atoms with E-state index < -0.39 is 121 Å². The molecular formula is H13F6IO18Sb6. The van der Waals surface area contributed by atoms with Gasteiger partial charge >= 0.3 is 197 Å². The van der Waals surface area contributed by atoms with Gasteiger partial charge < -0.3 is 0 Å². The average molecular weight is 1270 g/mol. The maximum absolute atomic E-state index is 10.4. The van der Waals surface area contributed by atoms with Gasteiger partial charge in [-0.25, -0.2) is 0 Å². The Labute approximate surface area is 216 Å². The van der Waals surface area contributed by atoms with E-state index >= 15 is 0 Å². The zero-order valence-electron chi connectivity index (χ0n) is 13.2.